The summed E-state index contributed by atoms with van der Waals surface area (Å²) >= 11 is 0. The first-order valence-corrected chi connectivity index (χ1v) is 5.42. The molecule has 0 saturated heterocycles. The molecule has 18 heavy (non-hydrogen) atoms. The van der Waals surface area contributed by atoms with Gasteiger partial charge in [0.2, 0.25) is 5.91 Å². The van der Waals surface area contributed by atoms with Crippen LogP contribution >= 0.6 is 0 Å². The maximum Gasteiger partial charge on any atom is 0.326 e. The Hall–Kier alpha value is -2.08. The minimum absolute atomic E-state index is 0.179. The van der Waals surface area contributed by atoms with Gasteiger partial charge in [-0.3, -0.25) is 4.79 Å². The average molecular weight is 252 g/mol. The summed E-state index contributed by atoms with van der Waals surface area (Å²) in [5.74, 6) is -0.952. The van der Waals surface area contributed by atoms with E-state index in [4.69, 9.17) is 15.6 Å². The van der Waals surface area contributed by atoms with Crippen LogP contribution in [0.2, 0.25) is 0 Å². The van der Waals surface area contributed by atoms with E-state index < -0.39 is 17.9 Å². The van der Waals surface area contributed by atoms with Gasteiger partial charge in [-0.15, -0.1) is 0 Å². The van der Waals surface area contributed by atoms with Crippen molar-refractivity contribution in [3.63, 3.8) is 0 Å². The van der Waals surface area contributed by atoms with Crippen molar-refractivity contribution in [2.45, 2.75) is 12.5 Å². The summed E-state index contributed by atoms with van der Waals surface area (Å²) in [6.45, 7) is -0.234. The molecule has 1 aromatic rings. The van der Waals surface area contributed by atoms with E-state index in [9.17, 15) is 9.59 Å². The molecule has 0 aliphatic carbocycles. The Morgan fingerprint density at radius 3 is 2.78 bits per heavy atom. The number of carbonyl (C=O) groups excluding carboxylic acids is 1. The van der Waals surface area contributed by atoms with Crippen molar-refractivity contribution in [1.29, 1.82) is 0 Å². The molecule has 0 aliphatic heterocycles. The Morgan fingerprint density at radius 1 is 1.50 bits per heavy atom. The molecule has 6 heteroatoms. The van der Waals surface area contributed by atoms with Crippen LogP contribution < -0.4 is 15.8 Å². The predicted molar refractivity (Wildman–Crippen MR) is 65.3 cm³/mol. The Balaban J connectivity index is 2.76. The molecule has 6 nitrogen and oxygen atoms in total. The van der Waals surface area contributed by atoms with Gasteiger partial charge in [0.1, 0.15) is 11.8 Å². The summed E-state index contributed by atoms with van der Waals surface area (Å²) in [5, 5.41) is 11.4. The third-order valence-electron chi connectivity index (χ3n) is 2.39. The van der Waals surface area contributed by atoms with E-state index in [0.29, 0.717) is 5.75 Å². The average Bonchev–Trinajstić information content (AvgIpc) is 2.37. The number of ether oxygens (including phenoxy) is 1. The highest BCUT2D eigenvalue weighted by molar-refractivity contribution is 5.84. The van der Waals surface area contributed by atoms with Crippen LogP contribution in [0.1, 0.15) is 5.56 Å². The number of hydrogen-bond acceptors (Lipinski definition) is 4. The van der Waals surface area contributed by atoms with Crippen LogP contribution in [-0.4, -0.2) is 36.7 Å². The Bertz CT molecular complexity index is 434. The van der Waals surface area contributed by atoms with Gasteiger partial charge < -0.3 is 20.9 Å². The van der Waals surface area contributed by atoms with Crippen LogP contribution in [-0.2, 0) is 16.0 Å². The molecule has 1 amide bonds. The van der Waals surface area contributed by atoms with Crippen LogP contribution in [0.25, 0.3) is 0 Å². The molecular weight excluding hydrogens is 236 g/mol. The number of carbonyl (C=O) groups is 2. The van der Waals surface area contributed by atoms with E-state index in [1.54, 1.807) is 24.3 Å². The van der Waals surface area contributed by atoms with Crippen molar-refractivity contribution in [1.82, 2.24) is 5.32 Å². The van der Waals surface area contributed by atoms with Crippen LogP contribution in [0, 0.1) is 0 Å². The van der Waals surface area contributed by atoms with Crippen molar-refractivity contribution in [3.05, 3.63) is 29.8 Å². The smallest absolute Gasteiger partial charge is 0.326 e. The van der Waals surface area contributed by atoms with Crippen LogP contribution in [0.5, 0.6) is 5.75 Å². The van der Waals surface area contributed by atoms with Gasteiger partial charge in [0.05, 0.1) is 13.7 Å². The molecule has 98 valence electrons. The van der Waals surface area contributed by atoms with Gasteiger partial charge in [-0.2, -0.15) is 0 Å². The summed E-state index contributed by atoms with van der Waals surface area (Å²) in [6.07, 6.45) is 0.179. The standard InChI is InChI=1S/C12H16N2O4/c1-18-9-4-2-3-8(5-9)6-10(12(16)17)14-11(15)7-13/h2-5,10H,6-7,13H2,1H3,(H,14,15)(H,16,17)/t10-/m0/s1. The monoisotopic (exact) mass is 252 g/mol. The van der Waals surface area contributed by atoms with E-state index in [1.807, 2.05) is 0 Å². The molecule has 1 aromatic carbocycles. The fourth-order valence-corrected chi connectivity index (χ4v) is 1.49. The number of nitrogens with one attached hydrogen (secondary N) is 1. The maximum absolute atomic E-state index is 11.1. The zero-order valence-corrected chi connectivity index (χ0v) is 10.1. The summed E-state index contributed by atoms with van der Waals surface area (Å²) < 4.78 is 5.04. The van der Waals surface area contributed by atoms with Crippen LogP contribution in [0.15, 0.2) is 24.3 Å². The summed E-state index contributed by atoms with van der Waals surface area (Å²) in [5.41, 5.74) is 5.90. The Kier molecular flexibility index (Phi) is 5.13. The van der Waals surface area contributed by atoms with Crippen LogP contribution in [0.4, 0.5) is 0 Å². The first kappa shape index (κ1) is 14.0. The second-order valence-electron chi connectivity index (χ2n) is 3.72. The van der Waals surface area contributed by atoms with E-state index in [2.05, 4.69) is 5.32 Å². The van der Waals surface area contributed by atoms with Gasteiger partial charge in [-0.1, -0.05) is 12.1 Å². The number of carboxylic acid groups (broad SMARTS) is 1. The number of benzene rings is 1. The number of methoxy groups -OCH3 is 1. The second-order valence-corrected chi connectivity index (χ2v) is 3.72. The van der Waals surface area contributed by atoms with Gasteiger partial charge in [-0.25, -0.2) is 4.79 Å². The molecule has 0 bridgehead atoms. The normalized spacial score (nSPS) is 11.7. The SMILES string of the molecule is COc1cccc(C[C@H](NC(=O)CN)C(=O)O)c1. The summed E-state index contributed by atoms with van der Waals surface area (Å²) in [6, 6.07) is 6.03. The van der Waals surface area contributed by atoms with Gasteiger partial charge >= 0.3 is 5.97 Å². The first-order chi connectivity index (χ1) is 8.56. The summed E-state index contributed by atoms with van der Waals surface area (Å²) in [4.78, 5) is 22.1. The lowest BCUT2D eigenvalue weighted by atomic mass is 10.1. The van der Waals surface area contributed by atoms with E-state index >= 15 is 0 Å². The molecule has 1 rings (SSSR count). The Morgan fingerprint density at radius 2 is 2.22 bits per heavy atom. The van der Waals surface area contributed by atoms with Gasteiger partial charge in [0.15, 0.2) is 0 Å². The molecular formula is C12H16N2O4. The number of rotatable bonds is 6. The lowest BCUT2D eigenvalue weighted by Crippen LogP contribution is -2.44. The fraction of sp³-hybridized carbons (Fsp3) is 0.333. The lowest BCUT2D eigenvalue weighted by molar-refractivity contribution is -0.141. The summed E-state index contributed by atoms with van der Waals surface area (Å²) in [7, 11) is 1.53. The molecule has 0 radical (unpaired) electrons. The van der Waals surface area contributed by atoms with Crippen molar-refractivity contribution >= 4 is 11.9 Å². The van der Waals surface area contributed by atoms with Crippen molar-refractivity contribution in [3.8, 4) is 5.75 Å². The lowest BCUT2D eigenvalue weighted by Gasteiger charge is -2.14. The quantitative estimate of drug-likeness (QED) is 0.649. The van der Waals surface area contributed by atoms with Crippen LogP contribution in [0.3, 0.4) is 0 Å². The highest BCUT2D eigenvalue weighted by Gasteiger charge is 2.19. The van der Waals surface area contributed by atoms with Crippen molar-refractivity contribution < 1.29 is 19.4 Å². The van der Waals surface area contributed by atoms with E-state index in [1.165, 1.54) is 7.11 Å². The predicted octanol–water partition coefficient (Wildman–Crippen LogP) is -0.234. The van der Waals surface area contributed by atoms with Gasteiger partial charge in [0, 0.05) is 6.42 Å². The largest absolute Gasteiger partial charge is 0.497 e. The molecule has 1 atom stereocenters. The minimum atomic E-state index is -1.10. The van der Waals surface area contributed by atoms with E-state index in [0.717, 1.165) is 5.56 Å². The van der Waals surface area contributed by atoms with Crippen molar-refractivity contribution in [2.24, 2.45) is 5.73 Å². The minimum Gasteiger partial charge on any atom is -0.497 e. The number of amides is 1. The Labute approximate surface area is 105 Å². The molecule has 0 saturated carbocycles. The van der Waals surface area contributed by atoms with Gasteiger partial charge in [0.25, 0.3) is 0 Å². The fourth-order valence-electron chi connectivity index (χ4n) is 1.49. The highest BCUT2D eigenvalue weighted by Crippen LogP contribution is 2.14. The zero-order valence-electron chi connectivity index (χ0n) is 10.1. The maximum atomic E-state index is 11.1. The zero-order chi connectivity index (χ0) is 13.5. The molecule has 0 heterocycles. The molecule has 0 aliphatic rings. The number of carboxylic acids is 1. The van der Waals surface area contributed by atoms with Gasteiger partial charge in [-0.05, 0) is 17.7 Å². The molecule has 0 fully saturated rings. The number of hydrogen-bond donors (Lipinski definition) is 3. The third-order valence-corrected chi connectivity index (χ3v) is 2.39. The third kappa shape index (κ3) is 4.06. The second kappa shape index (κ2) is 6.61. The number of nitrogens with two attached hydrogens (primary N) is 1. The first-order valence-electron chi connectivity index (χ1n) is 5.42. The highest BCUT2D eigenvalue weighted by atomic mass is 16.5. The molecule has 0 unspecified atom stereocenters. The topological polar surface area (TPSA) is 102 Å². The van der Waals surface area contributed by atoms with E-state index in [-0.39, 0.29) is 13.0 Å². The molecule has 4 N–H and O–H groups in total. The van der Waals surface area contributed by atoms with Crippen molar-refractivity contribution in [2.75, 3.05) is 13.7 Å². The number of aliphatic carboxylic acids is 1. The molecule has 0 aromatic heterocycles. The molecule has 0 spiro atoms.